The number of benzene rings is 1. The number of rotatable bonds is 8. The zero-order valence-electron chi connectivity index (χ0n) is 21.9. The average molecular weight is 513 g/mol. The van der Waals surface area contributed by atoms with Gasteiger partial charge in [0.1, 0.15) is 18.6 Å². The van der Waals surface area contributed by atoms with Gasteiger partial charge in [-0.2, -0.15) is 0 Å². The quantitative estimate of drug-likeness (QED) is 0.346. The lowest BCUT2D eigenvalue weighted by molar-refractivity contribution is 0.136. The minimum Gasteiger partial charge on any atom is -0.472 e. The van der Waals surface area contributed by atoms with E-state index >= 15 is 0 Å². The van der Waals surface area contributed by atoms with Crippen molar-refractivity contribution < 1.29 is 9.13 Å². The molecule has 0 radical (unpaired) electrons. The molecule has 8 heteroatoms. The molecule has 6 rings (SSSR count). The number of pyridine rings is 2. The van der Waals surface area contributed by atoms with Crippen molar-refractivity contribution in [2.45, 2.75) is 33.0 Å². The number of fused-ring (bicyclic) bond motifs is 2. The van der Waals surface area contributed by atoms with E-state index < -0.39 is 0 Å². The van der Waals surface area contributed by atoms with Gasteiger partial charge in [0.15, 0.2) is 0 Å². The monoisotopic (exact) mass is 512 g/mol. The molecule has 0 amide bonds. The minimum absolute atomic E-state index is 0.179. The normalized spacial score (nSPS) is 16.3. The summed E-state index contributed by atoms with van der Waals surface area (Å²) in [6, 6.07) is 14.8. The van der Waals surface area contributed by atoms with E-state index in [4.69, 9.17) is 4.74 Å². The molecule has 0 aliphatic carbocycles. The smallest absolute Gasteiger partial charge is 0.214 e. The molecule has 0 spiro atoms. The molecule has 196 valence electrons. The fourth-order valence-electron chi connectivity index (χ4n) is 5.29. The first-order valence-corrected chi connectivity index (χ1v) is 13.3. The van der Waals surface area contributed by atoms with E-state index in [9.17, 15) is 4.39 Å². The number of hydrogen-bond donors (Lipinski definition) is 2. The molecule has 2 N–H and O–H groups in total. The number of alkyl halides is 1. The predicted octanol–water partition coefficient (Wildman–Crippen LogP) is 5.02. The summed E-state index contributed by atoms with van der Waals surface area (Å²) in [4.78, 5) is 11.2. The van der Waals surface area contributed by atoms with E-state index in [-0.39, 0.29) is 12.8 Å². The third-order valence-corrected chi connectivity index (χ3v) is 7.49. The third-order valence-electron chi connectivity index (χ3n) is 7.49. The van der Waals surface area contributed by atoms with Crippen LogP contribution in [-0.4, -0.2) is 58.4 Å². The third kappa shape index (κ3) is 4.89. The van der Waals surface area contributed by atoms with Crippen LogP contribution in [0.25, 0.3) is 27.6 Å². The van der Waals surface area contributed by atoms with Crippen LogP contribution >= 0.6 is 0 Å². The molecule has 0 bridgehead atoms. The van der Waals surface area contributed by atoms with Crippen LogP contribution in [0.15, 0.2) is 60.9 Å². The number of allylic oxidation sites excluding steroid dienone is 1. The SMILES string of the molecule is C/C=C(\Nc1cc2cc(-c3cc(C)n4c3CN(CCF)CC4)ccc2cn1)c1ccnc(OC2CNC2)c1. The van der Waals surface area contributed by atoms with Gasteiger partial charge in [-0.1, -0.05) is 18.2 Å². The van der Waals surface area contributed by atoms with Crippen LogP contribution in [0, 0.1) is 6.92 Å². The van der Waals surface area contributed by atoms with Gasteiger partial charge >= 0.3 is 0 Å². The fraction of sp³-hybridized carbons (Fsp3) is 0.333. The number of hydrogen-bond acceptors (Lipinski definition) is 6. The predicted molar refractivity (Wildman–Crippen MR) is 150 cm³/mol. The highest BCUT2D eigenvalue weighted by Crippen LogP contribution is 2.33. The van der Waals surface area contributed by atoms with E-state index in [2.05, 4.69) is 67.3 Å². The van der Waals surface area contributed by atoms with Crippen molar-refractivity contribution in [2.75, 3.05) is 38.2 Å². The molecule has 4 aromatic rings. The van der Waals surface area contributed by atoms with Crippen molar-refractivity contribution in [1.82, 2.24) is 24.8 Å². The standard InChI is InChI=1S/C30H33FN6O/c1-3-27(22-6-8-33-30(15-22)38-25-17-32-18-25)35-29-14-24-13-21(4-5-23(24)16-34-29)26-12-20(2)37-11-10-36(9-7-31)19-28(26)37/h3-6,8,12-16,25,32H,7,9-11,17-19H2,1-2H3,(H,34,35)/b27-3-. The first-order chi connectivity index (χ1) is 18.6. The van der Waals surface area contributed by atoms with Crippen LogP contribution in [0.2, 0.25) is 0 Å². The maximum absolute atomic E-state index is 13.0. The van der Waals surface area contributed by atoms with Crippen LogP contribution in [-0.2, 0) is 13.1 Å². The topological polar surface area (TPSA) is 67.2 Å². The highest BCUT2D eigenvalue weighted by atomic mass is 19.1. The zero-order valence-corrected chi connectivity index (χ0v) is 21.9. The van der Waals surface area contributed by atoms with Crippen LogP contribution < -0.4 is 15.4 Å². The van der Waals surface area contributed by atoms with E-state index in [1.54, 1.807) is 6.20 Å². The fourth-order valence-corrected chi connectivity index (χ4v) is 5.29. The van der Waals surface area contributed by atoms with E-state index in [1.165, 1.54) is 22.5 Å². The van der Waals surface area contributed by atoms with Gasteiger partial charge in [0, 0.05) is 91.3 Å². The van der Waals surface area contributed by atoms with E-state index in [1.807, 2.05) is 31.3 Å². The molecular formula is C30H33FN6O. The van der Waals surface area contributed by atoms with Gasteiger partial charge in [0.25, 0.3) is 0 Å². The highest BCUT2D eigenvalue weighted by Gasteiger charge is 2.22. The summed E-state index contributed by atoms with van der Waals surface area (Å²) in [5.74, 6) is 1.40. The number of anilines is 1. The summed E-state index contributed by atoms with van der Waals surface area (Å²) in [5, 5.41) is 8.89. The molecule has 0 saturated carbocycles. The first-order valence-electron chi connectivity index (χ1n) is 13.3. The number of halogens is 1. The number of nitrogens with one attached hydrogen (secondary N) is 2. The minimum atomic E-state index is -0.312. The summed E-state index contributed by atoms with van der Waals surface area (Å²) in [5.41, 5.74) is 6.84. The number of ether oxygens (including phenoxy) is 1. The summed E-state index contributed by atoms with van der Waals surface area (Å²) in [6.45, 7) is 8.60. The molecule has 0 atom stereocenters. The summed E-state index contributed by atoms with van der Waals surface area (Å²) >= 11 is 0. The Hall–Kier alpha value is -3.75. The molecule has 7 nitrogen and oxygen atoms in total. The van der Waals surface area contributed by atoms with Gasteiger partial charge in [-0.05, 0) is 49.1 Å². The molecule has 3 aromatic heterocycles. The molecule has 2 aliphatic heterocycles. The van der Waals surface area contributed by atoms with Gasteiger partial charge in [-0.3, -0.25) is 4.90 Å². The van der Waals surface area contributed by atoms with Crippen molar-refractivity contribution >= 4 is 22.3 Å². The molecule has 2 aliphatic rings. The van der Waals surface area contributed by atoms with E-state index in [0.717, 1.165) is 60.6 Å². The van der Waals surface area contributed by atoms with E-state index in [0.29, 0.717) is 12.4 Å². The Morgan fingerprint density at radius 2 is 2.03 bits per heavy atom. The Balaban J connectivity index is 1.27. The molecule has 1 saturated heterocycles. The summed E-state index contributed by atoms with van der Waals surface area (Å²) in [6.07, 6.45) is 5.89. The van der Waals surface area contributed by atoms with Crippen LogP contribution in [0.4, 0.5) is 10.2 Å². The van der Waals surface area contributed by atoms with Crippen LogP contribution in [0.5, 0.6) is 5.88 Å². The second kappa shape index (κ2) is 10.6. The van der Waals surface area contributed by atoms with Gasteiger partial charge in [-0.15, -0.1) is 0 Å². The van der Waals surface area contributed by atoms with Crippen molar-refractivity contribution in [3.8, 4) is 17.0 Å². The number of aromatic nitrogens is 3. The lowest BCUT2D eigenvalue weighted by Gasteiger charge is -2.29. The molecule has 1 fully saturated rings. The summed E-state index contributed by atoms with van der Waals surface area (Å²) < 4.78 is 21.3. The Labute approximate surface area is 222 Å². The lowest BCUT2D eigenvalue weighted by Crippen LogP contribution is -2.50. The largest absolute Gasteiger partial charge is 0.472 e. The summed E-state index contributed by atoms with van der Waals surface area (Å²) in [7, 11) is 0. The second-order valence-corrected chi connectivity index (χ2v) is 10.0. The lowest BCUT2D eigenvalue weighted by atomic mass is 10.0. The Morgan fingerprint density at radius 3 is 2.82 bits per heavy atom. The van der Waals surface area contributed by atoms with Gasteiger partial charge in [0.05, 0.1) is 0 Å². The van der Waals surface area contributed by atoms with Crippen molar-refractivity contribution in [3.63, 3.8) is 0 Å². The van der Waals surface area contributed by atoms with Crippen molar-refractivity contribution in [2.24, 2.45) is 0 Å². The Bertz CT molecular complexity index is 1490. The molecule has 0 unspecified atom stereocenters. The zero-order chi connectivity index (χ0) is 26.1. The number of aryl methyl sites for hydroxylation is 1. The van der Waals surface area contributed by atoms with Crippen molar-refractivity contribution in [3.05, 3.63) is 77.9 Å². The van der Waals surface area contributed by atoms with Gasteiger partial charge in [-0.25, -0.2) is 14.4 Å². The van der Waals surface area contributed by atoms with Gasteiger partial charge in [0.2, 0.25) is 5.88 Å². The average Bonchev–Trinajstić information content (AvgIpc) is 3.25. The Morgan fingerprint density at radius 1 is 1.13 bits per heavy atom. The van der Waals surface area contributed by atoms with Gasteiger partial charge < -0.3 is 19.9 Å². The second-order valence-electron chi connectivity index (χ2n) is 10.0. The molecule has 5 heterocycles. The first kappa shape index (κ1) is 24.6. The molecule has 38 heavy (non-hydrogen) atoms. The maximum Gasteiger partial charge on any atom is 0.214 e. The maximum atomic E-state index is 13.0. The Kier molecular flexibility index (Phi) is 6.82. The van der Waals surface area contributed by atoms with Crippen LogP contribution in [0.1, 0.15) is 23.9 Å². The van der Waals surface area contributed by atoms with Crippen molar-refractivity contribution in [1.29, 1.82) is 0 Å². The number of nitrogens with zero attached hydrogens (tertiary/aromatic N) is 4. The van der Waals surface area contributed by atoms with Crippen LogP contribution in [0.3, 0.4) is 0 Å². The molecular weight excluding hydrogens is 479 g/mol. The highest BCUT2D eigenvalue weighted by molar-refractivity contribution is 5.90. The molecule has 1 aromatic carbocycles.